The molecule has 1 fully saturated rings. The fraction of sp³-hybridized carbons (Fsp3) is 0.417. The van der Waals surface area contributed by atoms with E-state index in [2.05, 4.69) is 0 Å². The van der Waals surface area contributed by atoms with E-state index < -0.39 is 23.1 Å². The van der Waals surface area contributed by atoms with Crippen molar-refractivity contribution in [3.05, 3.63) is 35.4 Å². The minimum absolute atomic E-state index is 0.0276. The van der Waals surface area contributed by atoms with Gasteiger partial charge in [-0.3, -0.25) is 4.79 Å². The average Bonchev–Trinajstić information content (AvgIpc) is 2.56. The summed E-state index contributed by atoms with van der Waals surface area (Å²) in [5, 5.41) is 9.73. The third kappa shape index (κ3) is 2.61. The lowest BCUT2D eigenvalue weighted by atomic mass is 10.1. The summed E-state index contributed by atoms with van der Waals surface area (Å²) in [6.07, 6.45) is 0.469. The molecule has 1 heterocycles. The van der Waals surface area contributed by atoms with Crippen LogP contribution in [-0.2, 0) is 0 Å². The first-order chi connectivity index (χ1) is 7.87. The first-order valence-electron chi connectivity index (χ1n) is 5.35. The van der Waals surface area contributed by atoms with Gasteiger partial charge in [-0.25, -0.2) is 8.78 Å². The third-order valence-electron chi connectivity index (χ3n) is 2.85. The highest BCUT2D eigenvalue weighted by Crippen LogP contribution is 2.22. The number of likely N-dealkylation sites (tertiary alicyclic amines) is 1. The van der Waals surface area contributed by atoms with E-state index in [4.69, 9.17) is 0 Å². The van der Waals surface area contributed by atoms with E-state index in [-0.39, 0.29) is 12.1 Å². The number of amides is 1. The Hall–Kier alpha value is -1.49. The minimum Gasteiger partial charge on any atom is -0.388 e. The van der Waals surface area contributed by atoms with Gasteiger partial charge in [-0.05, 0) is 25.5 Å². The van der Waals surface area contributed by atoms with Gasteiger partial charge in [0.2, 0.25) is 0 Å². The van der Waals surface area contributed by atoms with Crippen LogP contribution in [0, 0.1) is 11.6 Å². The molecule has 1 aliphatic heterocycles. The van der Waals surface area contributed by atoms with Crippen molar-refractivity contribution in [3.63, 3.8) is 0 Å². The first-order valence-corrected chi connectivity index (χ1v) is 5.35. The van der Waals surface area contributed by atoms with Crippen molar-refractivity contribution in [2.75, 3.05) is 13.1 Å². The number of halogens is 2. The van der Waals surface area contributed by atoms with Gasteiger partial charge in [0.1, 0.15) is 11.6 Å². The van der Waals surface area contributed by atoms with Gasteiger partial charge in [-0.1, -0.05) is 0 Å². The largest absolute Gasteiger partial charge is 0.388 e. The molecule has 1 saturated heterocycles. The smallest absolute Gasteiger partial charge is 0.254 e. The normalized spacial score (nSPS) is 24.1. The fourth-order valence-corrected chi connectivity index (χ4v) is 1.98. The number of carbonyl (C=O) groups excluding carboxylic acids is 1. The van der Waals surface area contributed by atoms with Crippen LogP contribution >= 0.6 is 0 Å². The van der Waals surface area contributed by atoms with Crippen molar-refractivity contribution in [2.24, 2.45) is 0 Å². The van der Waals surface area contributed by atoms with Crippen molar-refractivity contribution >= 4 is 5.91 Å². The maximum atomic E-state index is 13.0. The summed E-state index contributed by atoms with van der Waals surface area (Å²) in [6.45, 7) is 2.21. The monoisotopic (exact) mass is 241 g/mol. The van der Waals surface area contributed by atoms with Crippen LogP contribution in [0.25, 0.3) is 0 Å². The Bertz CT molecular complexity index is 440. The summed E-state index contributed by atoms with van der Waals surface area (Å²) >= 11 is 0. The van der Waals surface area contributed by atoms with Gasteiger partial charge < -0.3 is 10.0 Å². The number of rotatable bonds is 1. The molecule has 17 heavy (non-hydrogen) atoms. The average molecular weight is 241 g/mol. The Labute approximate surface area is 97.7 Å². The summed E-state index contributed by atoms with van der Waals surface area (Å²) in [7, 11) is 0. The van der Waals surface area contributed by atoms with Crippen LogP contribution in [0.1, 0.15) is 23.7 Å². The zero-order valence-corrected chi connectivity index (χ0v) is 9.41. The second-order valence-electron chi connectivity index (χ2n) is 4.63. The van der Waals surface area contributed by atoms with Gasteiger partial charge in [-0.15, -0.1) is 0 Å². The van der Waals surface area contributed by atoms with E-state index in [1.54, 1.807) is 6.92 Å². The molecule has 1 amide bonds. The maximum absolute atomic E-state index is 13.0. The van der Waals surface area contributed by atoms with Crippen LogP contribution in [0.3, 0.4) is 0 Å². The van der Waals surface area contributed by atoms with Gasteiger partial charge in [0.15, 0.2) is 0 Å². The van der Waals surface area contributed by atoms with Gasteiger partial charge in [0.05, 0.1) is 5.60 Å². The predicted octanol–water partition coefficient (Wildman–Crippen LogP) is 1.56. The number of benzene rings is 1. The molecule has 1 aromatic rings. The van der Waals surface area contributed by atoms with Crippen LogP contribution in [0.2, 0.25) is 0 Å². The van der Waals surface area contributed by atoms with Crippen molar-refractivity contribution in [2.45, 2.75) is 18.9 Å². The highest BCUT2D eigenvalue weighted by atomic mass is 19.1. The van der Waals surface area contributed by atoms with Crippen LogP contribution < -0.4 is 0 Å². The number of nitrogens with zero attached hydrogens (tertiary/aromatic N) is 1. The molecule has 0 aromatic heterocycles. The van der Waals surface area contributed by atoms with Crippen molar-refractivity contribution < 1.29 is 18.7 Å². The molecule has 0 radical (unpaired) electrons. The zero-order chi connectivity index (χ0) is 12.6. The van der Waals surface area contributed by atoms with E-state index in [1.165, 1.54) is 4.90 Å². The lowest BCUT2D eigenvalue weighted by Gasteiger charge is -2.19. The lowest BCUT2D eigenvalue weighted by molar-refractivity contribution is 0.0571. The molecule has 1 unspecified atom stereocenters. The van der Waals surface area contributed by atoms with E-state index >= 15 is 0 Å². The van der Waals surface area contributed by atoms with Crippen LogP contribution in [0.4, 0.5) is 8.78 Å². The predicted molar refractivity (Wildman–Crippen MR) is 57.5 cm³/mol. The Morgan fingerprint density at radius 2 is 1.94 bits per heavy atom. The van der Waals surface area contributed by atoms with Gasteiger partial charge >= 0.3 is 0 Å². The molecule has 0 bridgehead atoms. The van der Waals surface area contributed by atoms with Gasteiger partial charge in [0.25, 0.3) is 5.91 Å². The molecule has 92 valence electrons. The molecule has 1 aromatic carbocycles. The van der Waals surface area contributed by atoms with E-state index in [9.17, 15) is 18.7 Å². The second kappa shape index (κ2) is 4.07. The summed E-state index contributed by atoms with van der Waals surface area (Å²) in [5.41, 5.74) is -0.943. The lowest BCUT2D eigenvalue weighted by Crippen LogP contribution is -2.33. The fourth-order valence-electron chi connectivity index (χ4n) is 1.98. The summed E-state index contributed by atoms with van der Waals surface area (Å²) in [6, 6.07) is 2.72. The summed E-state index contributed by atoms with van der Waals surface area (Å²) in [5.74, 6) is -2.01. The molecule has 3 nitrogen and oxygen atoms in total. The molecule has 1 atom stereocenters. The number of aliphatic hydroxyl groups is 1. The zero-order valence-electron chi connectivity index (χ0n) is 9.41. The number of carbonyl (C=O) groups is 1. The third-order valence-corrected chi connectivity index (χ3v) is 2.85. The van der Waals surface area contributed by atoms with E-state index in [0.29, 0.717) is 13.0 Å². The van der Waals surface area contributed by atoms with Crippen molar-refractivity contribution in [3.8, 4) is 0 Å². The Morgan fingerprint density at radius 3 is 2.41 bits per heavy atom. The Morgan fingerprint density at radius 1 is 1.35 bits per heavy atom. The molecular weight excluding hydrogens is 228 g/mol. The van der Waals surface area contributed by atoms with Crippen molar-refractivity contribution in [1.29, 1.82) is 0 Å². The van der Waals surface area contributed by atoms with Crippen LogP contribution in [0.5, 0.6) is 0 Å². The molecule has 0 spiro atoms. The van der Waals surface area contributed by atoms with Crippen molar-refractivity contribution in [1.82, 2.24) is 4.90 Å². The molecule has 1 N–H and O–H groups in total. The number of β-amino-alcohol motifs (C(OH)–C–C–N with tert-alkyl or cyclic N) is 1. The van der Waals surface area contributed by atoms with Crippen LogP contribution in [0.15, 0.2) is 18.2 Å². The Balaban J connectivity index is 2.20. The maximum Gasteiger partial charge on any atom is 0.254 e. The minimum atomic E-state index is -0.915. The quantitative estimate of drug-likeness (QED) is 0.810. The van der Waals surface area contributed by atoms with E-state index in [1.807, 2.05) is 0 Å². The molecular formula is C12H13F2NO2. The highest BCUT2D eigenvalue weighted by molar-refractivity contribution is 5.94. The highest BCUT2D eigenvalue weighted by Gasteiger charge is 2.34. The molecule has 5 heteroatoms. The first kappa shape index (κ1) is 12.0. The molecule has 0 saturated carbocycles. The summed E-state index contributed by atoms with van der Waals surface area (Å²) in [4.78, 5) is 13.3. The SMILES string of the molecule is CC1(O)CCN(C(=O)c2cc(F)cc(F)c2)C1. The van der Waals surface area contributed by atoms with E-state index in [0.717, 1.165) is 18.2 Å². The topological polar surface area (TPSA) is 40.5 Å². The standard InChI is InChI=1S/C12H13F2NO2/c1-12(17)2-3-15(7-12)11(16)8-4-9(13)6-10(14)5-8/h4-6,17H,2-3,7H2,1H3. The second-order valence-corrected chi connectivity index (χ2v) is 4.63. The number of hydrogen-bond donors (Lipinski definition) is 1. The van der Waals surface area contributed by atoms with Gasteiger partial charge in [-0.2, -0.15) is 0 Å². The Kier molecular flexibility index (Phi) is 2.87. The molecule has 0 aliphatic carbocycles. The molecule has 2 rings (SSSR count). The number of hydrogen-bond acceptors (Lipinski definition) is 2. The van der Waals surface area contributed by atoms with Gasteiger partial charge in [0, 0.05) is 24.7 Å². The molecule has 1 aliphatic rings. The van der Waals surface area contributed by atoms with Crippen LogP contribution in [-0.4, -0.2) is 34.6 Å². The summed E-state index contributed by atoms with van der Waals surface area (Å²) < 4.78 is 25.9.